The Morgan fingerprint density at radius 3 is 1.18 bits per heavy atom. The molecule has 0 saturated carbocycles. The van der Waals surface area contributed by atoms with Gasteiger partial charge in [0.15, 0.2) is 0 Å². The van der Waals surface area contributed by atoms with Crippen LogP contribution in [0.4, 0.5) is 0 Å². The highest BCUT2D eigenvalue weighted by atomic mass is 31.2. The average molecular weight is 587 g/mol. The standard InChI is InChI=1S/C34H67O5P/c1-3-5-7-9-11-13-15-17-19-21-23-25-27-29-31-33(34(35)39-40(36,37)38)32-30-28-26-24-22-20-18-16-14-12-10-8-6-4-2/h17,19,33H,3-16,18,20-32H2,1-2H3,(H2,36,37,38)/b19-17-. The van der Waals surface area contributed by atoms with Gasteiger partial charge in [0.1, 0.15) is 0 Å². The second-order valence-electron chi connectivity index (χ2n) is 12.0. The molecule has 0 rings (SSSR count). The molecule has 0 radical (unpaired) electrons. The zero-order valence-electron chi connectivity index (χ0n) is 26.6. The summed E-state index contributed by atoms with van der Waals surface area (Å²) in [7, 11) is -4.78. The highest BCUT2D eigenvalue weighted by Gasteiger charge is 2.27. The maximum absolute atomic E-state index is 12.4. The first-order valence-electron chi connectivity index (χ1n) is 17.3. The summed E-state index contributed by atoms with van der Waals surface area (Å²) in [5.41, 5.74) is 0. The minimum atomic E-state index is -4.78. The van der Waals surface area contributed by atoms with Gasteiger partial charge in [0.05, 0.1) is 5.92 Å². The molecule has 0 aliphatic carbocycles. The molecule has 0 aromatic rings. The number of carbonyl (C=O) groups excluding carboxylic acids is 1. The van der Waals surface area contributed by atoms with Crippen molar-refractivity contribution in [2.45, 2.75) is 194 Å². The van der Waals surface area contributed by atoms with Crippen LogP contribution in [-0.4, -0.2) is 15.8 Å². The number of hydrogen-bond acceptors (Lipinski definition) is 3. The molecule has 238 valence electrons. The molecule has 0 amide bonds. The van der Waals surface area contributed by atoms with Crippen LogP contribution in [-0.2, 0) is 13.9 Å². The van der Waals surface area contributed by atoms with Gasteiger partial charge in [-0.2, -0.15) is 0 Å². The van der Waals surface area contributed by atoms with Crippen LogP contribution in [0.5, 0.6) is 0 Å². The minimum Gasteiger partial charge on any atom is -0.370 e. The van der Waals surface area contributed by atoms with Crippen molar-refractivity contribution in [2.75, 3.05) is 0 Å². The van der Waals surface area contributed by atoms with E-state index in [4.69, 9.17) is 9.79 Å². The molecule has 6 heteroatoms. The van der Waals surface area contributed by atoms with Gasteiger partial charge in [0.25, 0.3) is 0 Å². The van der Waals surface area contributed by atoms with Crippen LogP contribution in [0.1, 0.15) is 194 Å². The van der Waals surface area contributed by atoms with E-state index in [9.17, 15) is 9.36 Å². The minimum absolute atomic E-state index is 0.401. The second-order valence-corrected chi connectivity index (χ2v) is 13.2. The van der Waals surface area contributed by atoms with Crippen molar-refractivity contribution in [3.05, 3.63) is 12.2 Å². The number of phosphoric acid groups is 1. The van der Waals surface area contributed by atoms with E-state index in [1.54, 1.807) is 0 Å². The fourth-order valence-electron chi connectivity index (χ4n) is 5.44. The zero-order chi connectivity index (χ0) is 29.6. The predicted octanol–water partition coefficient (Wildman–Crippen LogP) is 11.8. The number of carbonyl (C=O) groups is 1. The molecule has 40 heavy (non-hydrogen) atoms. The van der Waals surface area contributed by atoms with E-state index < -0.39 is 19.7 Å². The highest BCUT2D eigenvalue weighted by Crippen LogP contribution is 2.38. The van der Waals surface area contributed by atoms with Gasteiger partial charge in [-0.15, -0.1) is 0 Å². The molecule has 0 spiro atoms. The Morgan fingerprint density at radius 2 is 0.850 bits per heavy atom. The largest absolute Gasteiger partial charge is 0.526 e. The van der Waals surface area contributed by atoms with Crippen LogP contribution in [0.2, 0.25) is 0 Å². The van der Waals surface area contributed by atoms with Crippen molar-refractivity contribution in [3.8, 4) is 0 Å². The van der Waals surface area contributed by atoms with Crippen LogP contribution in [0.3, 0.4) is 0 Å². The zero-order valence-corrected chi connectivity index (χ0v) is 27.5. The van der Waals surface area contributed by atoms with Crippen molar-refractivity contribution < 1.29 is 23.7 Å². The Balaban J connectivity index is 3.90. The summed E-state index contributed by atoms with van der Waals surface area (Å²) in [4.78, 5) is 30.5. The quantitative estimate of drug-likeness (QED) is 0.0479. The Kier molecular flexibility index (Phi) is 29.4. The lowest BCUT2D eigenvalue weighted by Gasteiger charge is -2.16. The van der Waals surface area contributed by atoms with Crippen molar-refractivity contribution >= 4 is 13.8 Å². The van der Waals surface area contributed by atoms with Gasteiger partial charge in [-0.3, -0.25) is 14.6 Å². The summed E-state index contributed by atoms with van der Waals surface area (Å²) in [5.74, 6) is -1.12. The normalized spacial score (nSPS) is 12.8. The molecule has 2 N–H and O–H groups in total. The lowest BCUT2D eigenvalue weighted by Crippen LogP contribution is -2.17. The fraction of sp³-hybridized carbons (Fsp3) is 0.912. The van der Waals surface area contributed by atoms with Gasteiger partial charge >= 0.3 is 13.8 Å². The average Bonchev–Trinajstić information content (AvgIpc) is 2.91. The van der Waals surface area contributed by atoms with Gasteiger partial charge in [-0.05, 0) is 38.5 Å². The van der Waals surface area contributed by atoms with Gasteiger partial charge in [0, 0.05) is 0 Å². The number of rotatable bonds is 31. The molecule has 1 atom stereocenters. The van der Waals surface area contributed by atoms with E-state index in [-0.39, 0.29) is 0 Å². The predicted molar refractivity (Wildman–Crippen MR) is 171 cm³/mol. The molecule has 0 aromatic heterocycles. The third kappa shape index (κ3) is 30.3. The maximum atomic E-state index is 12.4. The van der Waals surface area contributed by atoms with Crippen LogP contribution in [0.25, 0.3) is 0 Å². The fourth-order valence-corrected chi connectivity index (χ4v) is 5.83. The Morgan fingerprint density at radius 1 is 0.550 bits per heavy atom. The molecule has 0 fully saturated rings. The summed E-state index contributed by atoms with van der Waals surface area (Å²) in [6, 6.07) is 0. The molecule has 0 aliphatic rings. The van der Waals surface area contributed by atoms with Gasteiger partial charge in [-0.25, -0.2) is 4.57 Å². The number of unbranched alkanes of at least 4 members (excludes halogenated alkanes) is 23. The molecule has 0 aromatic carbocycles. The first-order chi connectivity index (χ1) is 19.4. The summed E-state index contributed by atoms with van der Waals surface area (Å²) in [5, 5.41) is 0. The topological polar surface area (TPSA) is 83.8 Å². The summed E-state index contributed by atoms with van der Waals surface area (Å²) in [6.45, 7) is 4.52. The van der Waals surface area contributed by atoms with E-state index in [2.05, 4.69) is 30.5 Å². The SMILES string of the molecule is CCCCCCCC/C=C\CCCCCCC(CCCCCCCCCCCCCCCC)C(=O)OP(=O)(O)O. The summed E-state index contributed by atoms with van der Waals surface area (Å²) < 4.78 is 15.7. The van der Waals surface area contributed by atoms with E-state index in [1.165, 1.54) is 122 Å². The molecule has 0 aliphatic heterocycles. The van der Waals surface area contributed by atoms with E-state index in [0.717, 1.165) is 44.9 Å². The first-order valence-corrected chi connectivity index (χ1v) is 18.9. The summed E-state index contributed by atoms with van der Waals surface area (Å²) >= 11 is 0. The molecule has 0 saturated heterocycles. The Bertz CT molecular complexity index is 615. The molecule has 5 nitrogen and oxygen atoms in total. The summed E-state index contributed by atoms with van der Waals surface area (Å²) in [6.07, 6.45) is 38.5. The van der Waals surface area contributed by atoms with Crippen molar-refractivity contribution in [2.24, 2.45) is 5.92 Å². The lowest BCUT2D eigenvalue weighted by molar-refractivity contribution is -0.140. The van der Waals surface area contributed by atoms with Gasteiger partial charge in [0.2, 0.25) is 0 Å². The van der Waals surface area contributed by atoms with Crippen LogP contribution in [0.15, 0.2) is 12.2 Å². The van der Waals surface area contributed by atoms with Crippen molar-refractivity contribution in [3.63, 3.8) is 0 Å². The Hall–Kier alpha value is -0.640. The first kappa shape index (κ1) is 39.4. The molecular formula is C34H67O5P. The smallest absolute Gasteiger partial charge is 0.370 e. The van der Waals surface area contributed by atoms with Crippen LogP contribution < -0.4 is 0 Å². The molecule has 0 heterocycles. The number of hydrogen-bond donors (Lipinski definition) is 2. The van der Waals surface area contributed by atoms with Gasteiger partial charge < -0.3 is 4.52 Å². The molecular weight excluding hydrogens is 519 g/mol. The van der Waals surface area contributed by atoms with Crippen molar-refractivity contribution in [1.29, 1.82) is 0 Å². The lowest BCUT2D eigenvalue weighted by atomic mass is 9.94. The van der Waals surface area contributed by atoms with E-state index >= 15 is 0 Å². The van der Waals surface area contributed by atoms with E-state index in [0.29, 0.717) is 12.8 Å². The monoisotopic (exact) mass is 586 g/mol. The van der Waals surface area contributed by atoms with Crippen molar-refractivity contribution in [1.82, 2.24) is 0 Å². The van der Waals surface area contributed by atoms with Crippen LogP contribution in [0, 0.1) is 5.92 Å². The van der Waals surface area contributed by atoms with Gasteiger partial charge in [-0.1, -0.05) is 167 Å². The number of allylic oxidation sites excluding steroid dienone is 2. The third-order valence-electron chi connectivity index (χ3n) is 8.01. The molecule has 1 unspecified atom stereocenters. The number of phosphoric ester groups is 1. The highest BCUT2D eigenvalue weighted by molar-refractivity contribution is 7.46. The third-order valence-corrected chi connectivity index (χ3v) is 8.43. The van der Waals surface area contributed by atoms with E-state index in [1.807, 2.05) is 0 Å². The Labute approximate surface area is 249 Å². The molecule has 0 bridgehead atoms. The van der Waals surface area contributed by atoms with Crippen LogP contribution >= 0.6 is 7.82 Å². The second kappa shape index (κ2) is 29.8. The maximum Gasteiger partial charge on any atom is 0.526 e.